The van der Waals surface area contributed by atoms with Gasteiger partial charge in [0.1, 0.15) is 0 Å². The summed E-state index contributed by atoms with van der Waals surface area (Å²) in [5.74, 6) is 0.589. The van der Waals surface area contributed by atoms with Crippen molar-refractivity contribution in [2.24, 2.45) is 5.92 Å². The van der Waals surface area contributed by atoms with Crippen LogP contribution in [0.4, 0.5) is 4.79 Å². The summed E-state index contributed by atoms with van der Waals surface area (Å²) in [4.78, 5) is 13.4. The fourth-order valence-corrected chi connectivity index (χ4v) is 1.44. The van der Waals surface area contributed by atoms with Gasteiger partial charge in [-0.25, -0.2) is 4.79 Å². The molecule has 1 atom stereocenters. The molecule has 1 heterocycles. The van der Waals surface area contributed by atoms with E-state index in [1.807, 2.05) is 4.90 Å². The highest BCUT2D eigenvalue weighted by molar-refractivity contribution is 5.74. The van der Waals surface area contributed by atoms with Gasteiger partial charge in [-0.2, -0.15) is 0 Å². The zero-order chi connectivity index (χ0) is 9.68. The molecule has 1 aliphatic rings. The summed E-state index contributed by atoms with van der Waals surface area (Å²) in [6.45, 7) is 6.99. The number of urea groups is 1. The van der Waals surface area contributed by atoms with Gasteiger partial charge in [-0.3, -0.25) is 0 Å². The maximum absolute atomic E-state index is 11.5. The lowest BCUT2D eigenvalue weighted by Gasteiger charge is -2.17. The van der Waals surface area contributed by atoms with Gasteiger partial charge in [0, 0.05) is 19.6 Å². The van der Waals surface area contributed by atoms with E-state index in [-0.39, 0.29) is 6.03 Å². The molecule has 0 aliphatic carbocycles. The third kappa shape index (κ3) is 3.25. The Bertz CT molecular complexity index is 164. The third-order valence-corrected chi connectivity index (χ3v) is 2.69. The highest BCUT2D eigenvalue weighted by Gasteiger charge is 2.17. The quantitative estimate of drug-likeness (QED) is 0.713. The minimum Gasteiger partial charge on any atom is -0.338 e. The van der Waals surface area contributed by atoms with Gasteiger partial charge in [-0.05, 0) is 18.8 Å². The van der Waals surface area contributed by atoms with Crippen molar-refractivity contribution in [3.05, 3.63) is 0 Å². The normalized spacial score (nSPS) is 18.8. The van der Waals surface area contributed by atoms with Crippen molar-refractivity contribution < 1.29 is 4.79 Å². The molecule has 76 valence electrons. The predicted molar refractivity (Wildman–Crippen MR) is 53.7 cm³/mol. The Kier molecular flexibility index (Phi) is 4.06. The van der Waals surface area contributed by atoms with Crippen molar-refractivity contribution in [1.29, 1.82) is 0 Å². The summed E-state index contributed by atoms with van der Waals surface area (Å²) in [6.07, 6.45) is 3.45. The molecule has 1 fully saturated rings. The van der Waals surface area contributed by atoms with Gasteiger partial charge in [0.15, 0.2) is 0 Å². The van der Waals surface area contributed by atoms with Crippen molar-refractivity contribution in [1.82, 2.24) is 10.2 Å². The lowest BCUT2D eigenvalue weighted by Crippen LogP contribution is -2.39. The van der Waals surface area contributed by atoms with Gasteiger partial charge in [-0.1, -0.05) is 20.3 Å². The van der Waals surface area contributed by atoms with E-state index >= 15 is 0 Å². The third-order valence-electron chi connectivity index (χ3n) is 2.69. The largest absolute Gasteiger partial charge is 0.338 e. The van der Waals surface area contributed by atoms with E-state index in [4.69, 9.17) is 0 Å². The van der Waals surface area contributed by atoms with Crippen LogP contribution in [0.3, 0.4) is 0 Å². The topological polar surface area (TPSA) is 32.3 Å². The first kappa shape index (κ1) is 10.4. The van der Waals surface area contributed by atoms with Crippen molar-refractivity contribution in [3.8, 4) is 0 Å². The van der Waals surface area contributed by atoms with Crippen molar-refractivity contribution >= 4 is 6.03 Å². The molecule has 1 unspecified atom stereocenters. The Balaban J connectivity index is 2.16. The van der Waals surface area contributed by atoms with Crippen LogP contribution in [0.1, 0.15) is 33.1 Å². The molecule has 13 heavy (non-hydrogen) atoms. The van der Waals surface area contributed by atoms with E-state index in [1.54, 1.807) is 0 Å². The molecule has 0 bridgehead atoms. The van der Waals surface area contributed by atoms with Crippen LogP contribution in [0, 0.1) is 5.92 Å². The van der Waals surface area contributed by atoms with Crippen molar-refractivity contribution in [2.75, 3.05) is 19.6 Å². The Morgan fingerprint density at radius 2 is 2.08 bits per heavy atom. The number of carbonyl (C=O) groups excluding carboxylic acids is 1. The van der Waals surface area contributed by atoms with Crippen LogP contribution in [0.5, 0.6) is 0 Å². The standard InChI is InChI=1S/C10H20N2O/c1-3-9(2)8-11-10(13)12-6-4-5-7-12/h9H,3-8H2,1-2H3,(H,11,13). The summed E-state index contributed by atoms with van der Waals surface area (Å²) < 4.78 is 0. The van der Waals surface area contributed by atoms with Crippen LogP contribution < -0.4 is 5.32 Å². The van der Waals surface area contributed by atoms with E-state index in [9.17, 15) is 4.79 Å². The lowest BCUT2D eigenvalue weighted by molar-refractivity contribution is 0.207. The highest BCUT2D eigenvalue weighted by Crippen LogP contribution is 2.07. The van der Waals surface area contributed by atoms with Gasteiger partial charge in [-0.15, -0.1) is 0 Å². The zero-order valence-corrected chi connectivity index (χ0v) is 8.68. The number of nitrogens with one attached hydrogen (secondary N) is 1. The summed E-state index contributed by atoms with van der Waals surface area (Å²) in [5.41, 5.74) is 0. The second kappa shape index (κ2) is 5.10. The fraction of sp³-hybridized carbons (Fsp3) is 0.900. The van der Waals surface area contributed by atoms with Gasteiger partial charge in [0.25, 0.3) is 0 Å². The molecule has 0 aromatic rings. The molecule has 1 N–H and O–H groups in total. The van der Waals surface area contributed by atoms with Crippen LogP contribution in [-0.2, 0) is 0 Å². The smallest absolute Gasteiger partial charge is 0.317 e. The SMILES string of the molecule is CCC(C)CNC(=O)N1CCCC1. The first-order valence-corrected chi connectivity index (χ1v) is 5.26. The van der Waals surface area contributed by atoms with E-state index < -0.39 is 0 Å². The molecule has 3 heteroatoms. The molecular weight excluding hydrogens is 164 g/mol. The van der Waals surface area contributed by atoms with E-state index in [0.29, 0.717) is 5.92 Å². The molecule has 0 spiro atoms. The Morgan fingerprint density at radius 1 is 1.46 bits per heavy atom. The first-order valence-electron chi connectivity index (χ1n) is 5.26. The zero-order valence-electron chi connectivity index (χ0n) is 8.68. The predicted octanol–water partition coefficient (Wildman–Crippen LogP) is 1.84. The molecule has 0 aromatic carbocycles. The van der Waals surface area contributed by atoms with Crippen molar-refractivity contribution in [3.63, 3.8) is 0 Å². The second-order valence-electron chi connectivity index (χ2n) is 3.89. The maximum atomic E-state index is 11.5. The van der Waals surface area contributed by atoms with E-state index in [0.717, 1.165) is 38.9 Å². The van der Waals surface area contributed by atoms with Crippen molar-refractivity contribution in [2.45, 2.75) is 33.1 Å². The number of amides is 2. The lowest BCUT2D eigenvalue weighted by atomic mass is 10.1. The number of rotatable bonds is 3. The molecule has 0 saturated carbocycles. The van der Waals surface area contributed by atoms with Crippen LogP contribution >= 0.6 is 0 Å². The monoisotopic (exact) mass is 184 g/mol. The van der Waals surface area contributed by atoms with E-state index in [1.165, 1.54) is 0 Å². The van der Waals surface area contributed by atoms with Gasteiger partial charge in [0.05, 0.1) is 0 Å². The number of hydrogen-bond acceptors (Lipinski definition) is 1. The average molecular weight is 184 g/mol. The van der Waals surface area contributed by atoms with Crippen LogP contribution in [0.15, 0.2) is 0 Å². The average Bonchev–Trinajstić information content (AvgIpc) is 2.66. The molecule has 2 amide bonds. The molecule has 1 saturated heterocycles. The first-order chi connectivity index (χ1) is 6.24. The Hall–Kier alpha value is -0.730. The number of hydrogen-bond donors (Lipinski definition) is 1. The Morgan fingerprint density at radius 3 is 2.62 bits per heavy atom. The molecule has 0 aromatic heterocycles. The number of likely N-dealkylation sites (tertiary alicyclic amines) is 1. The maximum Gasteiger partial charge on any atom is 0.317 e. The van der Waals surface area contributed by atoms with Crippen LogP contribution in [0.2, 0.25) is 0 Å². The number of nitrogens with zero attached hydrogens (tertiary/aromatic N) is 1. The molecule has 1 aliphatic heterocycles. The summed E-state index contributed by atoms with van der Waals surface area (Å²) in [5, 5.41) is 2.96. The minimum absolute atomic E-state index is 0.123. The second-order valence-corrected chi connectivity index (χ2v) is 3.89. The Labute approximate surface area is 80.5 Å². The van der Waals surface area contributed by atoms with Gasteiger partial charge in [0.2, 0.25) is 0 Å². The fourth-order valence-electron chi connectivity index (χ4n) is 1.44. The van der Waals surface area contributed by atoms with Gasteiger partial charge < -0.3 is 10.2 Å². The summed E-state index contributed by atoms with van der Waals surface area (Å²) >= 11 is 0. The minimum atomic E-state index is 0.123. The summed E-state index contributed by atoms with van der Waals surface area (Å²) in [6, 6.07) is 0.123. The summed E-state index contributed by atoms with van der Waals surface area (Å²) in [7, 11) is 0. The van der Waals surface area contributed by atoms with Crippen LogP contribution in [-0.4, -0.2) is 30.6 Å². The number of carbonyl (C=O) groups is 1. The molecular formula is C10H20N2O. The van der Waals surface area contributed by atoms with Crippen LogP contribution in [0.25, 0.3) is 0 Å². The molecule has 0 radical (unpaired) electrons. The highest BCUT2D eigenvalue weighted by atomic mass is 16.2. The molecule has 1 rings (SSSR count). The van der Waals surface area contributed by atoms with E-state index in [2.05, 4.69) is 19.2 Å². The van der Waals surface area contributed by atoms with Gasteiger partial charge >= 0.3 is 6.03 Å². The molecule has 3 nitrogen and oxygen atoms in total.